The van der Waals surface area contributed by atoms with Crippen molar-refractivity contribution < 1.29 is 9.53 Å². The number of hydrogen-bond donors (Lipinski definition) is 1. The largest absolute Gasteiger partial charge is 0.444 e. The summed E-state index contributed by atoms with van der Waals surface area (Å²) in [6.07, 6.45) is 0.755. The van der Waals surface area contributed by atoms with Gasteiger partial charge in [0.05, 0.1) is 8.07 Å². The van der Waals surface area contributed by atoms with Crippen LogP contribution in [0.2, 0.25) is 19.6 Å². The summed E-state index contributed by atoms with van der Waals surface area (Å²) in [5, 5.41) is 2.95. The maximum atomic E-state index is 12.0. The normalized spacial score (nSPS) is 13.7. The monoisotopic (exact) mass is 350 g/mol. The molecule has 1 unspecified atom stereocenters. The molecule has 1 rings (SSSR count). The van der Waals surface area contributed by atoms with Gasteiger partial charge in [-0.05, 0) is 39.4 Å². The molecular formula is C19H34N2O2Si. The number of alkyl carbamates (subject to hydrolysis) is 1. The number of nitrogens with zero attached hydrogens (tertiary/aromatic N) is 1. The maximum absolute atomic E-state index is 12.0. The molecule has 5 heteroatoms. The molecular weight excluding hydrogens is 316 g/mol. The van der Waals surface area contributed by atoms with Crippen molar-refractivity contribution in [1.29, 1.82) is 0 Å². The fourth-order valence-electron chi connectivity index (χ4n) is 2.64. The van der Waals surface area contributed by atoms with Crippen molar-refractivity contribution in [3.05, 3.63) is 35.9 Å². The molecule has 1 N–H and O–H groups in total. The van der Waals surface area contributed by atoms with E-state index < -0.39 is 13.7 Å². The zero-order valence-electron chi connectivity index (χ0n) is 16.3. The molecule has 1 aromatic rings. The smallest absolute Gasteiger partial charge is 0.407 e. The van der Waals surface area contributed by atoms with Crippen LogP contribution in [0.4, 0.5) is 4.79 Å². The number of benzene rings is 1. The molecule has 0 bridgehead atoms. The highest BCUT2D eigenvalue weighted by molar-refractivity contribution is 6.76. The molecule has 0 heterocycles. The van der Waals surface area contributed by atoms with Crippen LogP contribution in [-0.2, 0) is 11.3 Å². The van der Waals surface area contributed by atoms with Gasteiger partial charge in [-0.3, -0.25) is 4.90 Å². The van der Waals surface area contributed by atoms with Crippen LogP contribution in [0.1, 0.15) is 33.3 Å². The Bertz CT molecular complexity index is 506. The van der Waals surface area contributed by atoms with E-state index >= 15 is 0 Å². The lowest BCUT2D eigenvalue weighted by molar-refractivity contribution is 0.0498. The van der Waals surface area contributed by atoms with Crippen molar-refractivity contribution in [3.8, 4) is 0 Å². The van der Waals surface area contributed by atoms with Crippen molar-refractivity contribution in [1.82, 2.24) is 10.2 Å². The Morgan fingerprint density at radius 1 is 1.21 bits per heavy atom. The Morgan fingerprint density at radius 2 is 1.79 bits per heavy atom. The van der Waals surface area contributed by atoms with Gasteiger partial charge in [0.25, 0.3) is 0 Å². The van der Waals surface area contributed by atoms with Crippen LogP contribution in [-0.4, -0.2) is 43.4 Å². The summed E-state index contributed by atoms with van der Waals surface area (Å²) in [6.45, 7) is 16.5. The Hall–Kier alpha value is -1.33. The van der Waals surface area contributed by atoms with Crippen molar-refractivity contribution in [3.63, 3.8) is 0 Å². The van der Waals surface area contributed by atoms with Crippen LogP contribution in [0.15, 0.2) is 30.3 Å². The highest BCUT2D eigenvalue weighted by atomic mass is 28.3. The minimum absolute atomic E-state index is 0.0416. The average Bonchev–Trinajstić information content (AvgIpc) is 2.34. The van der Waals surface area contributed by atoms with Gasteiger partial charge in [0.2, 0.25) is 0 Å². The lowest BCUT2D eigenvalue weighted by Crippen LogP contribution is -2.47. The van der Waals surface area contributed by atoms with E-state index in [-0.39, 0.29) is 12.1 Å². The van der Waals surface area contributed by atoms with Gasteiger partial charge in [0.15, 0.2) is 0 Å². The van der Waals surface area contributed by atoms with Gasteiger partial charge < -0.3 is 10.1 Å². The fourth-order valence-corrected chi connectivity index (χ4v) is 4.22. The standard InChI is InChI=1S/C19H34N2O2Si/c1-16(20-18(22)23-19(2,3)4)13-21(15-24(5,6)7)14-17-11-9-8-10-12-17/h8-12,16H,13-15H2,1-7H3,(H,20,22). The molecule has 1 amide bonds. The molecule has 0 aliphatic rings. The molecule has 0 saturated carbocycles. The number of ether oxygens (including phenoxy) is 1. The Labute approximate surface area is 148 Å². The number of carbonyl (C=O) groups is 1. The predicted octanol–water partition coefficient (Wildman–Crippen LogP) is 4.28. The highest BCUT2D eigenvalue weighted by Crippen LogP contribution is 2.11. The second-order valence-corrected chi connectivity index (χ2v) is 14.2. The molecule has 0 aliphatic heterocycles. The molecule has 136 valence electrons. The zero-order valence-corrected chi connectivity index (χ0v) is 17.3. The van der Waals surface area contributed by atoms with Crippen molar-refractivity contribution in [2.75, 3.05) is 12.7 Å². The van der Waals surface area contributed by atoms with E-state index in [4.69, 9.17) is 4.74 Å². The molecule has 1 aromatic carbocycles. The molecule has 1 atom stereocenters. The number of rotatable bonds is 7. The van der Waals surface area contributed by atoms with Crippen LogP contribution in [0.5, 0.6) is 0 Å². The molecule has 0 aromatic heterocycles. The maximum Gasteiger partial charge on any atom is 0.407 e. The number of hydrogen-bond acceptors (Lipinski definition) is 3. The van der Waals surface area contributed by atoms with Gasteiger partial charge in [-0.1, -0.05) is 50.0 Å². The van der Waals surface area contributed by atoms with E-state index in [9.17, 15) is 4.79 Å². The third-order valence-electron chi connectivity index (χ3n) is 3.24. The number of nitrogens with one attached hydrogen (secondary N) is 1. The summed E-state index contributed by atoms with van der Waals surface area (Å²) in [4.78, 5) is 14.4. The lowest BCUT2D eigenvalue weighted by atomic mass is 10.2. The van der Waals surface area contributed by atoms with Crippen LogP contribution in [0, 0.1) is 0 Å². The molecule has 0 fully saturated rings. The molecule has 4 nitrogen and oxygen atoms in total. The van der Waals surface area contributed by atoms with Gasteiger partial charge in [0.1, 0.15) is 5.60 Å². The number of amides is 1. The highest BCUT2D eigenvalue weighted by Gasteiger charge is 2.22. The minimum Gasteiger partial charge on any atom is -0.444 e. The first-order valence-electron chi connectivity index (χ1n) is 8.70. The molecule has 0 aliphatic carbocycles. The summed E-state index contributed by atoms with van der Waals surface area (Å²) in [7, 11) is -1.24. The van der Waals surface area contributed by atoms with Gasteiger partial charge in [-0.15, -0.1) is 0 Å². The first-order valence-corrected chi connectivity index (χ1v) is 12.4. The third-order valence-corrected chi connectivity index (χ3v) is 4.64. The fraction of sp³-hybridized carbons (Fsp3) is 0.632. The van der Waals surface area contributed by atoms with E-state index in [2.05, 4.69) is 54.1 Å². The van der Waals surface area contributed by atoms with Crippen molar-refractivity contribution >= 4 is 14.2 Å². The predicted molar refractivity (Wildman–Crippen MR) is 104 cm³/mol. The van der Waals surface area contributed by atoms with Crippen LogP contribution in [0.25, 0.3) is 0 Å². The van der Waals surface area contributed by atoms with Crippen LogP contribution < -0.4 is 5.32 Å². The summed E-state index contributed by atoms with van der Waals surface area (Å²) in [6, 6.07) is 10.5. The van der Waals surface area contributed by atoms with E-state index in [1.807, 2.05) is 33.8 Å². The minimum atomic E-state index is -1.24. The summed E-state index contributed by atoms with van der Waals surface area (Å²) >= 11 is 0. The van der Waals surface area contributed by atoms with E-state index in [1.54, 1.807) is 0 Å². The molecule has 0 radical (unpaired) electrons. The Morgan fingerprint density at radius 3 is 2.29 bits per heavy atom. The lowest BCUT2D eigenvalue weighted by Gasteiger charge is -2.31. The summed E-state index contributed by atoms with van der Waals surface area (Å²) < 4.78 is 5.35. The number of carbonyl (C=O) groups excluding carboxylic acids is 1. The van der Waals surface area contributed by atoms with E-state index in [0.29, 0.717) is 0 Å². The van der Waals surface area contributed by atoms with Gasteiger partial charge >= 0.3 is 6.09 Å². The average molecular weight is 351 g/mol. The topological polar surface area (TPSA) is 41.6 Å². The second-order valence-electron chi connectivity index (χ2n) is 8.76. The van der Waals surface area contributed by atoms with Crippen molar-refractivity contribution in [2.45, 2.75) is 65.5 Å². The zero-order chi connectivity index (χ0) is 18.4. The quantitative estimate of drug-likeness (QED) is 0.746. The molecule has 24 heavy (non-hydrogen) atoms. The van der Waals surface area contributed by atoms with Crippen LogP contribution >= 0.6 is 0 Å². The Balaban J connectivity index is 2.65. The van der Waals surface area contributed by atoms with E-state index in [0.717, 1.165) is 19.3 Å². The van der Waals surface area contributed by atoms with Crippen LogP contribution in [0.3, 0.4) is 0 Å². The summed E-state index contributed by atoms with van der Waals surface area (Å²) in [5.74, 6) is 0. The van der Waals surface area contributed by atoms with E-state index in [1.165, 1.54) is 5.56 Å². The first kappa shape index (κ1) is 20.7. The van der Waals surface area contributed by atoms with Gasteiger partial charge in [0, 0.05) is 19.1 Å². The van der Waals surface area contributed by atoms with Gasteiger partial charge in [-0.25, -0.2) is 4.79 Å². The second kappa shape index (κ2) is 8.67. The van der Waals surface area contributed by atoms with Gasteiger partial charge in [-0.2, -0.15) is 0 Å². The molecule has 0 saturated heterocycles. The molecule has 0 spiro atoms. The third kappa shape index (κ3) is 9.73. The Kier molecular flexibility index (Phi) is 7.48. The summed E-state index contributed by atoms with van der Waals surface area (Å²) in [5.41, 5.74) is 0.839. The van der Waals surface area contributed by atoms with Crippen molar-refractivity contribution in [2.24, 2.45) is 0 Å². The first-order chi connectivity index (χ1) is 10.9. The SMILES string of the molecule is CC(CN(Cc1ccccc1)C[Si](C)(C)C)NC(=O)OC(C)(C)C.